The quantitative estimate of drug-likeness (QED) is 0.678. The molecule has 0 radical (unpaired) electrons. The summed E-state index contributed by atoms with van der Waals surface area (Å²) in [6, 6.07) is 2.28. The second kappa shape index (κ2) is 6.38. The summed E-state index contributed by atoms with van der Waals surface area (Å²) in [6.45, 7) is 2.33. The maximum atomic E-state index is 13.1. The largest absolute Gasteiger partial charge is 0.369 e. The monoisotopic (exact) mass is 385 g/mol. The lowest BCUT2D eigenvalue weighted by Crippen LogP contribution is -2.46. The Bertz CT molecular complexity index is 959. The number of nitrogens with zero attached hydrogens (tertiary/aromatic N) is 5. The van der Waals surface area contributed by atoms with Crippen LogP contribution in [0, 0.1) is 5.82 Å². The van der Waals surface area contributed by atoms with Gasteiger partial charge in [0, 0.05) is 37.4 Å². The van der Waals surface area contributed by atoms with Crippen LogP contribution in [0.2, 0.25) is 0 Å². The minimum Gasteiger partial charge on any atom is -0.369 e. The third-order valence-electron chi connectivity index (χ3n) is 5.47. The number of imidazole rings is 1. The minimum atomic E-state index is -0.409. The van der Waals surface area contributed by atoms with Gasteiger partial charge < -0.3 is 14.2 Å². The zero-order chi connectivity index (χ0) is 18.4. The number of rotatable bonds is 2. The van der Waals surface area contributed by atoms with E-state index < -0.39 is 5.82 Å². The molecule has 140 valence electrons. The summed E-state index contributed by atoms with van der Waals surface area (Å²) in [5.41, 5.74) is 1.15. The van der Waals surface area contributed by atoms with Crippen LogP contribution < -0.4 is 4.90 Å². The van der Waals surface area contributed by atoms with Crippen molar-refractivity contribution in [1.82, 2.24) is 19.5 Å². The maximum absolute atomic E-state index is 13.1. The molecule has 2 aliphatic rings. The molecule has 0 amide bonds. The van der Waals surface area contributed by atoms with Crippen molar-refractivity contribution in [2.24, 2.45) is 7.05 Å². The molecular formula is C19H20FN5OS. The third kappa shape index (κ3) is 2.83. The molecule has 1 fully saturated rings. The lowest BCUT2D eigenvalue weighted by atomic mass is 9.85. The molecule has 8 heteroatoms. The van der Waals surface area contributed by atoms with Crippen LogP contribution in [0.15, 0.2) is 30.9 Å². The Morgan fingerprint density at radius 1 is 1.19 bits per heavy atom. The van der Waals surface area contributed by atoms with Crippen molar-refractivity contribution in [3.05, 3.63) is 47.1 Å². The number of anilines is 1. The van der Waals surface area contributed by atoms with E-state index in [2.05, 4.69) is 30.5 Å². The molecule has 0 N–H and O–H groups in total. The predicted octanol–water partition coefficient (Wildman–Crippen LogP) is 3.15. The van der Waals surface area contributed by atoms with Gasteiger partial charge >= 0.3 is 0 Å². The van der Waals surface area contributed by atoms with Gasteiger partial charge in [-0.15, -0.1) is 11.3 Å². The molecule has 0 aromatic carbocycles. The van der Waals surface area contributed by atoms with E-state index in [1.165, 1.54) is 27.7 Å². The van der Waals surface area contributed by atoms with Gasteiger partial charge in [-0.25, -0.2) is 19.3 Å². The summed E-state index contributed by atoms with van der Waals surface area (Å²) < 4.78 is 21.5. The third-order valence-corrected chi connectivity index (χ3v) is 6.83. The van der Waals surface area contributed by atoms with E-state index >= 15 is 0 Å². The van der Waals surface area contributed by atoms with Crippen molar-refractivity contribution < 1.29 is 9.13 Å². The van der Waals surface area contributed by atoms with Gasteiger partial charge in [0.15, 0.2) is 5.82 Å². The van der Waals surface area contributed by atoms with Gasteiger partial charge in [-0.2, -0.15) is 0 Å². The summed E-state index contributed by atoms with van der Waals surface area (Å²) in [5, 5.41) is 0. The zero-order valence-electron chi connectivity index (χ0n) is 15.1. The first-order valence-corrected chi connectivity index (χ1v) is 9.94. The molecule has 3 aromatic heterocycles. The average molecular weight is 385 g/mol. The SMILES string of the molecule is Cn1ccnc1-c1cc2c(s1)C1(CCN(c3ncc(F)cn3)CC1)OCC2. The van der Waals surface area contributed by atoms with Crippen LogP contribution in [-0.2, 0) is 23.8 Å². The Hall–Kier alpha value is -2.32. The number of hydrogen-bond acceptors (Lipinski definition) is 6. The molecule has 1 saturated heterocycles. The van der Waals surface area contributed by atoms with Crippen LogP contribution in [0.25, 0.3) is 10.7 Å². The number of halogens is 1. The van der Waals surface area contributed by atoms with Gasteiger partial charge in [0.05, 0.1) is 23.9 Å². The van der Waals surface area contributed by atoms with Crippen molar-refractivity contribution in [3.63, 3.8) is 0 Å². The highest BCUT2D eigenvalue weighted by Gasteiger charge is 2.43. The van der Waals surface area contributed by atoms with Gasteiger partial charge in [0.25, 0.3) is 0 Å². The molecule has 5 heterocycles. The Balaban J connectivity index is 1.42. The van der Waals surface area contributed by atoms with E-state index in [4.69, 9.17) is 4.74 Å². The van der Waals surface area contributed by atoms with Crippen LogP contribution in [0.1, 0.15) is 23.3 Å². The van der Waals surface area contributed by atoms with Crippen LogP contribution in [0.3, 0.4) is 0 Å². The highest BCUT2D eigenvalue weighted by molar-refractivity contribution is 7.15. The summed E-state index contributed by atoms with van der Waals surface area (Å²) in [7, 11) is 2.02. The lowest BCUT2D eigenvalue weighted by Gasteiger charge is -2.43. The zero-order valence-corrected chi connectivity index (χ0v) is 15.9. The first kappa shape index (κ1) is 16.8. The molecule has 5 rings (SSSR count). The van der Waals surface area contributed by atoms with Crippen molar-refractivity contribution in [2.45, 2.75) is 24.9 Å². The van der Waals surface area contributed by atoms with Crippen molar-refractivity contribution in [1.29, 1.82) is 0 Å². The predicted molar refractivity (Wildman–Crippen MR) is 101 cm³/mol. The number of aryl methyl sites for hydroxylation is 1. The maximum Gasteiger partial charge on any atom is 0.225 e. The Kier molecular flexibility index (Phi) is 3.98. The summed E-state index contributed by atoms with van der Waals surface area (Å²) in [4.78, 5) is 17.4. The van der Waals surface area contributed by atoms with Gasteiger partial charge in [-0.3, -0.25) is 0 Å². The van der Waals surface area contributed by atoms with Gasteiger partial charge in [-0.1, -0.05) is 0 Å². The molecule has 6 nitrogen and oxygen atoms in total. The Morgan fingerprint density at radius 3 is 2.67 bits per heavy atom. The molecule has 3 aromatic rings. The molecule has 0 bridgehead atoms. The van der Waals surface area contributed by atoms with Crippen LogP contribution in [0.5, 0.6) is 0 Å². The fourth-order valence-corrected chi connectivity index (χ4v) is 5.49. The van der Waals surface area contributed by atoms with E-state index in [0.717, 1.165) is 44.8 Å². The van der Waals surface area contributed by atoms with Gasteiger partial charge in [-0.05, 0) is 30.9 Å². The first-order chi connectivity index (χ1) is 13.1. The van der Waals surface area contributed by atoms with E-state index in [9.17, 15) is 4.39 Å². The molecule has 0 aliphatic carbocycles. The number of ether oxygens (including phenoxy) is 1. The van der Waals surface area contributed by atoms with Crippen molar-refractivity contribution in [2.75, 3.05) is 24.6 Å². The second-order valence-corrected chi connectivity index (χ2v) is 8.16. The minimum absolute atomic E-state index is 0.238. The first-order valence-electron chi connectivity index (χ1n) is 9.12. The van der Waals surface area contributed by atoms with Crippen LogP contribution in [0.4, 0.5) is 10.3 Å². The highest BCUT2D eigenvalue weighted by atomic mass is 32.1. The number of fused-ring (bicyclic) bond motifs is 2. The number of aromatic nitrogens is 4. The molecule has 0 saturated carbocycles. The van der Waals surface area contributed by atoms with E-state index in [1.54, 1.807) is 11.3 Å². The van der Waals surface area contributed by atoms with E-state index in [-0.39, 0.29) is 5.60 Å². The Labute approximate surface area is 160 Å². The van der Waals surface area contributed by atoms with Crippen LogP contribution >= 0.6 is 11.3 Å². The molecule has 0 unspecified atom stereocenters. The molecule has 27 heavy (non-hydrogen) atoms. The highest BCUT2D eigenvalue weighted by Crippen LogP contribution is 2.47. The van der Waals surface area contributed by atoms with E-state index in [0.29, 0.717) is 5.95 Å². The fourth-order valence-electron chi connectivity index (χ4n) is 4.04. The molecule has 2 aliphatic heterocycles. The molecule has 0 atom stereocenters. The average Bonchev–Trinajstić information content (AvgIpc) is 3.30. The summed E-state index contributed by atoms with van der Waals surface area (Å²) in [6.07, 6.45) is 8.95. The lowest BCUT2D eigenvalue weighted by molar-refractivity contribution is -0.0736. The standard InChI is InChI=1S/C19H20FN5OS/c1-24-8-5-21-17(24)15-10-13-2-9-26-19(16(13)27-15)3-6-25(7-4-19)18-22-11-14(20)12-23-18/h5,8,10-12H,2-4,6-7,9H2,1H3. The van der Waals surface area contributed by atoms with Crippen LogP contribution in [-0.4, -0.2) is 39.2 Å². The smallest absolute Gasteiger partial charge is 0.225 e. The van der Waals surface area contributed by atoms with Gasteiger partial charge in [0.1, 0.15) is 11.4 Å². The second-order valence-electron chi connectivity index (χ2n) is 7.11. The molecule has 1 spiro atoms. The fraction of sp³-hybridized carbons (Fsp3) is 0.421. The Morgan fingerprint density at radius 2 is 1.96 bits per heavy atom. The summed E-state index contributed by atoms with van der Waals surface area (Å²) in [5.74, 6) is 1.18. The number of piperidine rings is 1. The van der Waals surface area contributed by atoms with Crippen molar-refractivity contribution in [3.8, 4) is 10.7 Å². The summed E-state index contributed by atoms with van der Waals surface area (Å²) >= 11 is 1.80. The van der Waals surface area contributed by atoms with Crippen molar-refractivity contribution >= 4 is 17.3 Å². The molecular weight excluding hydrogens is 365 g/mol. The normalized spacial score (nSPS) is 18.7. The number of thiophene rings is 1. The van der Waals surface area contributed by atoms with Gasteiger partial charge in [0.2, 0.25) is 5.95 Å². The van der Waals surface area contributed by atoms with E-state index in [1.807, 2.05) is 19.4 Å². The number of hydrogen-bond donors (Lipinski definition) is 0. The topological polar surface area (TPSA) is 56.1 Å².